The summed E-state index contributed by atoms with van der Waals surface area (Å²) < 4.78 is 10.8. The molecule has 112 valence electrons. The lowest BCUT2D eigenvalue weighted by atomic mass is 10.1. The SMILES string of the molecule is COc1cccc(OC)c1C(N)CSc1ccccc1Cl. The maximum absolute atomic E-state index is 6.32. The molecule has 0 aliphatic heterocycles. The molecule has 0 aromatic heterocycles. The highest BCUT2D eigenvalue weighted by Gasteiger charge is 2.18. The van der Waals surface area contributed by atoms with E-state index in [2.05, 4.69) is 0 Å². The number of rotatable bonds is 6. The number of nitrogens with two attached hydrogens (primary N) is 1. The van der Waals surface area contributed by atoms with Gasteiger partial charge in [0.1, 0.15) is 11.5 Å². The first-order chi connectivity index (χ1) is 10.2. The molecule has 0 radical (unpaired) electrons. The van der Waals surface area contributed by atoms with Gasteiger partial charge in [0.25, 0.3) is 0 Å². The van der Waals surface area contributed by atoms with Gasteiger partial charge in [-0.2, -0.15) is 0 Å². The van der Waals surface area contributed by atoms with Crippen LogP contribution in [0.3, 0.4) is 0 Å². The quantitative estimate of drug-likeness (QED) is 0.811. The summed E-state index contributed by atoms with van der Waals surface area (Å²) in [6, 6.07) is 13.2. The Kier molecular flexibility index (Phi) is 5.79. The Balaban J connectivity index is 2.17. The van der Waals surface area contributed by atoms with E-state index in [-0.39, 0.29) is 6.04 Å². The first-order valence-electron chi connectivity index (χ1n) is 6.51. The van der Waals surface area contributed by atoms with Crippen LogP contribution >= 0.6 is 23.4 Å². The van der Waals surface area contributed by atoms with Gasteiger partial charge in [-0.15, -0.1) is 11.8 Å². The molecule has 21 heavy (non-hydrogen) atoms. The fourth-order valence-corrected chi connectivity index (χ4v) is 3.28. The topological polar surface area (TPSA) is 44.5 Å². The van der Waals surface area contributed by atoms with Crippen molar-refractivity contribution in [3.8, 4) is 11.5 Å². The van der Waals surface area contributed by atoms with Gasteiger partial charge in [0.05, 0.1) is 24.8 Å². The molecule has 0 heterocycles. The van der Waals surface area contributed by atoms with Crippen molar-refractivity contribution >= 4 is 23.4 Å². The number of thioether (sulfide) groups is 1. The highest BCUT2D eigenvalue weighted by Crippen LogP contribution is 2.36. The second-order valence-corrected chi connectivity index (χ2v) is 5.89. The van der Waals surface area contributed by atoms with Crippen LogP contribution in [0.25, 0.3) is 0 Å². The van der Waals surface area contributed by atoms with E-state index in [0.717, 1.165) is 27.0 Å². The van der Waals surface area contributed by atoms with E-state index >= 15 is 0 Å². The predicted octanol–water partition coefficient (Wildman–Crippen LogP) is 4.15. The maximum Gasteiger partial charge on any atom is 0.127 e. The van der Waals surface area contributed by atoms with Crippen LogP contribution in [-0.2, 0) is 0 Å². The molecule has 0 bridgehead atoms. The van der Waals surface area contributed by atoms with E-state index in [0.29, 0.717) is 5.75 Å². The second kappa shape index (κ2) is 7.59. The van der Waals surface area contributed by atoms with Crippen molar-refractivity contribution in [2.24, 2.45) is 5.73 Å². The third kappa shape index (κ3) is 3.84. The van der Waals surface area contributed by atoms with Crippen molar-refractivity contribution in [3.05, 3.63) is 53.1 Å². The molecule has 0 aliphatic carbocycles. The van der Waals surface area contributed by atoms with Gasteiger partial charge in [-0.05, 0) is 24.3 Å². The Bertz CT molecular complexity index is 584. The number of halogens is 1. The summed E-state index contributed by atoms with van der Waals surface area (Å²) in [5.41, 5.74) is 7.20. The van der Waals surface area contributed by atoms with Crippen LogP contribution < -0.4 is 15.2 Å². The van der Waals surface area contributed by atoms with Gasteiger partial charge in [-0.1, -0.05) is 29.8 Å². The molecular formula is C16H18ClNO2S. The van der Waals surface area contributed by atoms with E-state index in [4.69, 9.17) is 26.8 Å². The van der Waals surface area contributed by atoms with Crippen LogP contribution in [0.15, 0.2) is 47.4 Å². The Morgan fingerprint density at radius 2 is 1.67 bits per heavy atom. The van der Waals surface area contributed by atoms with Crippen molar-refractivity contribution in [1.82, 2.24) is 0 Å². The molecule has 0 aliphatic rings. The molecule has 0 saturated heterocycles. The molecule has 3 nitrogen and oxygen atoms in total. The summed E-state index contributed by atoms with van der Waals surface area (Å²) in [6.07, 6.45) is 0. The molecule has 0 fully saturated rings. The van der Waals surface area contributed by atoms with Crippen molar-refractivity contribution in [2.75, 3.05) is 20.0 Å². The van der Waals surface area contributed by atoms with E-state index in [1.165, 1.54) is 0 Å². The van der Waals surface area contributed by atoms with Gasteiger partial charge in [0.15, 0.2) is 0 Å². The maximum atomic E-state index is 6.32. The molecule has 0 spiro atoms. The number of hydrogen-bond donors (Lipinski definition) is 1. The van der Waals surface area contributed by atoms with Crippen LogP contribution in [0.1, 0.15) is 11.6 Å². The number of benzene rings is 2. The monoisotopic (exact) mass is 323 g/mol. The molecule has 2 N–H and O–H groups in total. The lowest BCUT2D eigenvalue weighted by molar-refractivity contribution is 0.381. The highest BCUT2D eigenvalue weighted by atomic mass is 35.5. The predicted molar refractivity (Wildman–Crippen MR) is 88.7 cm³/mol. The van der Waals surface area contributed by atoms with Gasteiger partial charge in [0.2, 0.25) is 0 Å². The Morgan fingerprint density at radius 3 is 2.24 bits per heavy atom. The lowest BCUT2D eigenvalue weighted by Crippen LogP contribution is -2.15. The van der Waals surface area contributed by atoms with Gasteiger partial charge < -0.3 is 15.2 Å². The molecule has 2 rings (SSSR count). The minimum absolute atomic E-state index is 0.211. The zero-order valence-corrected chi connectivity index (χ0v) is 13.6. The summed E-state index contributed by atoms with van der Waals surface area (Å²) in [4.78, 5) is 1.02. The fraction of sp³-hybridized carbons (Fsp3) is 0.250. The van der Waals surface area contributed by atoms with Gasteiger partial charge in [0, 0.05) is 16.7 Å². The van der Waals surface area contributed by atoms with E-state index in [9.17, 15) is 0 Å². The number of methoxy groups -OCH3 is 2. The first-order valence-corrected chi connectivity index (χ1v) is 7.87. The van der Waals surface area contributed by atoms with E-state index in [1.54, 1.807) is 26.0 Å². The van der Waals surface area contributed by atoms with E-state index < -0.39 is 0 Å². The lowest BCUT2D eigenvalue weighted by Gasteiger charge is -2.18. The number of ether oxygens (including phenoxy) is 2. The Morgan fingerprint density at radius 1 is 1.05 bits per heavy atom. The van der Waals surface area contributed by atoms with Crippen molar-refractivity contribution in [3.63, 3.8) is 0 Å². The summed E-state index contributed by atoms with van der Waals surface area (Å²) >= 11 is 7.78. The van der Waals surface area contributed by atoms with Crippen LogP contribution in [0.5, 0.6) is 11.5 Å². The highest BCUT2D eigenvalue weighted by molar-refractivity contribution is 7.99. The van der Waals surface area contributed by atoms with Crippen LogP contribution in [0.4, 0.5) is 0 Å². The molecule has 2 aromatic rings. The molecule has 2 aromatic carbocycles. The second-order valence-electron chi connectivity index (χ2n) is 4.42. The molecule has 1 unspecified atom stereocenters. The Labute approximate surface area is 134 Å². The van der Waals surface area contributed by atoms with Gasteiger partial charge >= 0.3 is 0 Å². The third-order valence-electron chi connectivity index (χ3n) is 3.09. The zero-order valence-electron chi connectivity index (χ0n) is 12.0. The van der Waals surface area contributed by atoms with E-state index in [1.807, 2.05) is 42.5 Å². The molecular weight excluding hydrogens is 306 g/mol. The largest absolute Gasteiger partial charge is 0.496 e. The van der Waals surface area contributed by atoms with Crippen LogP contribution in [0.2, 0.25) is 5.02 Å². The smallest absolute Gasteiger partial charge is 0.127 e. The molecule has 5 heteroatoms. The van der Waals surface area contributed by atoms with Gasteiger partial charge in [-0.3, -0.25) is 0 Å². The molecule has 0 saturated carbocycles. The normalized spacial score (nSPS) is 12.0. The summed E-state index contributed by atoms with van der Waals surface area (Å²) in [5, 5.41) is 0.738. The molecule has 0 amide bonds. The average molecular weight is 324 g/mol. The minimum Gasteiger partial charge on any atom is -0.496 e. The third-order valence-corrected chi connectivity index (χ3v) is 4.73. The first kappa shape index (κ1) is 16.0. The zero-order chi connectivity index (χ0) is 15.2. The van der Waals surface area contributed by atoms with Crippen molar-refractivity contribution < 1.29 is 9.47 Å². The van der Waals surface area contributed by atoms with Crippen molar-refractivity contribution in [2.45, 2.75) is 10.9 Å². The average Bonchev–Trinajstić information content (AvgIpc) is 2.52. The van der Waals surface area contributed by atoms with Crippen molar-refractivity contribution in [1.29, 1.82) is 0 Å². The minimum atomic E-state index is -0.211. The summed E-state index contributed by atoms with van der Waals surface area (Å²) in [7, 11) is 3.26. The summed E-state index contributed by atoms with van der Waals surface area (Å²) in [6.45, 7) is 0. The number of hydrogen-bond acceptors (Lipinski definition) is 4. The van der Waals surface area contributed by atoms with Crippen LogP contribution in [0, 0.1) is 0 Å². The summed E-state index contributed by atoms with van der Waals surface area (Å²) in [5.74, 6) is 2.16. The standard InChI is InChI=1S/C16H18ClNO2S/c1-19-13-7-5-8-14(20-2)16(13)12(18)10-21-15-9-4-3-6-11(15)17/h3-9,12H,10,18H2,1-2H3. The fourth-order valence-electron chi connectivity index (χ4n) is 2.07. The molecule has 1 atom stereocenters. The Hall–Kier alpha value is -1.36. The van der Waals surface area contributed by atoms with Crippen LogP contribution in [-0.4, -0.2) is 20.0 Å². The van der Waals surface area contributed by atoms with Gasteiger partial charge in [-0.25, -0.2) is 0 Å².